The Hall–Kier alpha value is -5.86. The molecular weight excluding hydrogens is 826 g/mol. The number of ether oxygens (including phenoxy) is 1. The van der Waals surface area contributed by atoms with Crippen LogP contribution >= 0.6 is 45.8 Å². The van der Waals surface area contributed by atoms with Crippen molar-refractivity contribution >= 4 is 95.4 Å². The van der Waals surface area contributed by atoms with Crippen molar-refractivity contribution in [2.75, 3.05) is 7.11 Å². The van der Waals surface area contributed by atoms with Crippen LogP contribution in [0.15, 0.2) is 97.8 Å². The summed E-state index contributed by atoms with van der Waals surface area (Å²) in [6.45, 7) is 5.74. The Bertz CT molecular complexity index is 2800. The van der Waals surface area contributed by atoms with Crippen molar-refractivity contribution in [3.8, 4) is 12.1 Å². The molecule has 0 N–H and O–H groups in total. The van der Waals surface area contributed by atoms with Gasteiger partial charge in [-0.25, -0.2) is 14.8 Å². The zero-order valence-electron chi connectivity index (χ0n) is 27.6. The molecule has 0 radical (unpaired) electrons. The fraction of sp³-hybridized carbons (Fsp3) is 0.0769. The van der Waals surface area contributed by atoms with Gasteiger partial charge in [-0.3, -0.25) is 9.97 Å². The second-order valence-corrected chi connectivity index (χ2v) is 13.6. The number of fused-ring (bicyclic) bond motifs is 4. The van der Waals surface area contributed by atoms with E-state index >= 15 is 0 Å². The Morgan fingerprint density at radius 3 is 1.75 bits per heavy atom. The number of esters is 1. The molecule has 0 aliphatic heterocycles. The van der Waals surface area contributed by atoms with Crippen LogP contribution in [0.4, 0.5) is 0 Å². The van der Waals surface area contributed by atoms with E-state index in [2.05, 4.69) is 78.1 Å². The zero-order valence-corrected chi connectivity index (χ0v) is 31.3. The molecule has 0 aliphatic rings. The van der Waals surface area contributed by atoms with Crippen LogP contribution in [-0.2, 0) is 22.5 Å². The van der Waals surface area contributed by atoms with E-state index in [9.17, 15) is 4.79 Å². The van der Waals surface area contributed by atoms with Crippen molar-refractivity contribution in [3.05, 3.63) is 146 Å². The fourth-order valence-electron chi connectivity index (χ4n) is 5.89. The molecule has 0 saturated carbocycles. The number of hydrogen-bond donors (Lipinski definition) is 0. The van der Waals surface area contributed by atoms with Gasteiger partial charge >= 0.3 is 17.3 Å². The van der Waals surface area contributed by atoms with Crippen LogP contribution in [0.1, 0.15) is 32.9 Å². The molecule has 14 heteroatoms. The summed E-state index contributed by atoms with van der Waals surface area (Å²) >= 11 is 14.4. The molecule has 0 unspecified atom stereocenters. The molecule has 0 fully saturated rings. The number of methoxy groups -OCH3 is 1. The monoisotopic (exact) mass is 848 g/mol. The van der Waals surface area contributed by atoms with Crippen molar-refractivity contribution in [2.45, 2.75) is 13.1 Å². The first-order valence-corrected chi connectivity index (χ1v) is 17.4. The third-order valence-corrected chi connectivity index (χ3v) is 9.52. The van der Waals surface area contributed by atoms with E-state index in [1.807, 2.05) is 53.1 Å². The van der Waals surface area contributed by atoms with Crippen LogP contribution in [0, 0.1) is 32.9 Å². The summed E-state index contributed by atoms with van der Waals surface area (Å²) in [5, 5.41) is 23.0. The first-order valence-electron chi connectivity index (χ1n) is 15.5. The van der Waals surface area contributed by atoms with Gasteiger partial charge < -0.3 is 13.9 Å². The van der Waals surface area contributed by atoms with E-state index in [0.717, 1.165) is 59.5 Å². The van der Waals surface area contributed by atoms with Gasteiger partial charge in [-0.05, 0) is 82.2 Å². The Kier molecular flexibility index (Phi) is 11.3. The quantitative estimate of drug-likeness (QED) is 0.0722. The van der Waals surface area contributed by atoms with E-state index < -0.39 is 5.97 Å². The van der Waals surface area contributed by atoms with Gasteiger partial charge in [0.15, 0.2) is 0 Å². The number of benzene rings is 2. The molecule has 0 atom stereocenters. The molecular formula is C39H23Cl2IN8O3. The summed E-state index contributed by atoms with van der Waals surface area (Å²) in [5.74, 6) is -0.455. The molecule has 0 amide bonds. The maximum absolute atomic E-state index is 12.1. The van der Waals surface area contributed by atoms with Crippen molar-refractivity contribution in [1.82, 2.24) is 29.1 Å². The van der Waals surface area contributed by atoms with Crippen LogP contribution < -0.4 is 0 Å². The van der Waals surface area contributed by atoms with E-state index in [0.29, 0.717) is 33.2 Å². The van der Waals surface area contributed by atoms with Crippen molar-refractivity contribution in [1.29, 1.82) is 10.5 Å². The SMILES string of the molecule is COC(=O)c1cn(Cc2ccc3ncc(Cl)cc3c2)c2cnc(C#N)cc12.N#Cc1cc2c(I)cn(Cc3ccc4ncc(Cl)cc4c3)c2cn1.[C-]#[O+]. The average Bonchev–Trinajstić information content (AvgIpc) is 3.70. The normalized spacial score (nSPS) is 10.6. The number of carbonyl (C=O) groups is 1. The predicted octanol–water partition coefficient (Wildman–Crippen LogP) is 8.67. The molecule has 8 aromatic rings. The van der Waals surface area contributed by atoms with Crippen LogP contribution in [0.2, 0.25) is 10.0 Å². The summed E-state index contributed by atoms with van der Waals surface area (Å²) in [6.07, 6.45) is 10.4. The Morgan fingerprint density at radius 2 is 1.25 bits per heavy atom. The molecule has 6 aromatic heterocycles. The summed E-state index contributed by atoms with van der Waals surface area (Å²) in [7, 11) is 1.33. The Balaban J connectivity index is 0.000000174. The molecule has 53 heavy (non-hydrogen) atoms. The van der Waals surface area contributed by atoms with E-state index in [-0.39, 0.29) is 5.69 Å². The van der Waals surface area contributed by atoms with E-state index in [4.69, 9.17) is 43.1 Å². The van der Waals surface area contributed by atoms with Gasteiger partial charge in [-0.1, -0.05) is 35.3 Å². The third-order valence-electron chi connectivity index (χ3n) is 8.25. The number of pyridine rings is 4. The number of nitriles is 2. The van der Waals surface area contributed by atoms with Crippen molar-refractivity contribution < 1.29 is 14.2 Å². The summed E-state index contributed by atoms with van der Waals surface area (Å²) in [4.78, 5) is 29.1. The van der Waals surface area contributed by atoms with Gasteiger partial charge in [0.1, 0.15) is 23.5 Å². The molecule has 2 aromatic carbocycles. The van der Waals surface area contributed by atoms with Gasteiger partial charge in [0, 0.05) is 63.0 Å². The van der Waals surface area contributed by atoms with Crippen LogP contribution in [0.5, 0.6) is 0 Å². The standard InChI is InChI=1S/C20H13ClN4O2.C18H10ClIN4.CO/c1-27-20(26)17-11-25(19-9-23-15(7-22)6-16(17)19)10-12-2-3-18-13(4-12)5-14(21)8-24-18;19-13-4-12-3-11(1-2-17(12)23-7-13)9-24-10-16(20)15-5-14(6-21)22-8-18(15)24;1-2/h2-6,8-9,11H,10H2,1H3;1-5,7-8,10H,9H2;. The molecule has 0 bridgehead atoms. The van der Waals surface area contributed by atoms with Gasteiger partial charge in [0.2, 0.25) is 0 Å². The number of hydrogen-bond acceptors (Lipinski definition) is 8. The Labute approximate surface area is 325 Å². The third kappa shape index (κ3) is 7.98. The van der Waals surface area contributed by atoms with E-state index in [1.54, 1.807) is 37.1 Å². The molecule has 6 heterocycles. The van der Waals surface area contributed by atoms with Crippen molar-refractivity contribution in [2.24, 2.45) is 0 Å². The Morgan fingerprint density at radius 1 is 0.755 bits per heavy atom. The number of aromatic nitrogens is 6. The van der Waals surface area contributed by atoms with Crippen LogP contribution in [0.25, 0.3) is 43.6 Å². The minimum atomic E-state index is -0.455. The van der Waals surface area contributed by atoms with E-state index in [1.165, 1.54) is 7.11 Å². The number of halogens is 3. The molecule has 258 valence electrons. The fourth-order valence-corrected chi connectivity index (χ4v) is 6.99. The maximum atomic E-state index is 12.1. The summed E-state index contributed by atoms with van der Waals surface area (Å²) < 4.78 is 17.5. The molecule has 8 rings (SSSR count). The summed E-state index contributed by atoms with van der Waals surface area (Å²) in [5.41, 5.74) is 6.81. The number of nitrogens with zero attached hydrogens (tertiary/aromatic N) is 8. The van der Waals surface area contributed by atoms with Crippen molar-refractivity contribution in [3.63, 3.8) is 0 Å². The van der Waals surface area contributed by atoms with Gasteiger partial charge in [-0.15, -0.1) is 0 Å². The number of carbonyl (C=O) groups excluding carboxylic acids is 1. The van der Waals surface area contributed by atoms with Crippen LogP contribution in [0.3, 0.4) is 0 Å². The molecule has 0 aliphatic carbocycles. The predicted molar refractivity (Wildman–Crippen MR) is 209 cm³/mol. The topological polar surface area (TPSA) is 155 Å². The van der Waals surface area contributed by atoms with Crippen LogP contribution in [-0.4, -0.2) is 42.1 Å². The van der Waals surface area contributed by atoms with Gasteiger partial charge in [0.25, 0.3) is 0 Å². The summed E-state index contributed by atoms with van der Waals surface area (Å²) in [6, 6.07) is 23.4. The molecule has 0 saturated heterocycles. The van der Waals surface area contributed by atoms with Gasteiger partial charge in [-0.2, -0.15) is 10.5 Å². The first-order chi connectivity index (χ1) is 25.7. The zero-order chi connectivity index (χ0) is 37.6. The second kappa shape index (κ2) is 16.2. The molecule has 0 spiro atoms. The first kappa shape index (κ1) is 36.9. The average molecular weight is 849 g/mol. The van der Waals surface area contributed by atoms with Gasteiger partial charge in [0.05, 0.1) is 57.2 Å². The molecule has 11 nitrogen and oxygen atoms in total. The number of rotatable bonds is 5. The minimum absolute atomic E-state index is 0.247. The second-order valence-electron chi connectivity index (χ2n) is 11.5.